The number of amides is 1. The molecule has 0 saturated carbocycles. The van der Waals surface area contributed by atoms with Crippen LogP contribution in [0.25, 0.3) is 0 Å². The van der Waals surface area contributed by atoms with Crippen LogP contribution in [-0.2, 0) is 0 Å². The van der Waals surface area contributed by atoms with Gasteiger partial charge < -0.3 is 25.4 Å². The van der Waals surface area contributed by atoms with Crippen molar-refractivity contribution in [2.24, 2.45) is 5.73 Å². The molecule has 10 nitrogen and oxygen atoms in total. The Morgan fingerprint density at radius 2 is 1.94 bits per heavy atom. The molecule has 0 bridgehead atoms. The van der Waals surface area contributed by atoms with Crippen LogP contribution in [0.5, 0.6) is 17.4 Å². The van der Waals surface area contributed by atoms with E-state index in [2.05, 4.69) is 47.2 Å². The van der Waals surface area contributed by atoms with Crippen LogP contribution in [0.4, 0.5) is 16.6 Å². The summed E-state index contributed by atoms with van der Waals surface area (Å²) in [6, 6.07) is 9.19. The van der Waals surface area contributed by atoms with Gasteiger partial charge in [0.1, 0.15) is 17.3 Å². The highest BCUT2D eigenvalue weighted by atomic mass is 79.9. The molecule has 1 aliphatic heterocycles. The van der Waals surface area contributed by atoms with Crippen molar-refractivity contribution < 1.29 is 14.3 Å². The monoisotopic (exact) mass is 537 g/mol. The van der Waals surface area contributed by atoms with E-state index in [1.54, 1.807) is 36.7 Å². The summed E-state index contributed by atoms with van der Waals surface area (Å²) in [4.78, 5) is 26.4. The topological polar surface area (TPSA) is 139 Å². The number of carbonyl (C=O) groups is 1. The minimum Gasteiger partial charge on any atom is -0.437 e. The fourth-order valence-electron chi connectivity index (χ4n) is 3.95. The van der Waals surface area contributed by atoms with E-state index in [4.69, 9.17) is 15.2 Å². The Kier molecular flexibility index (Phi) is 7.31. The molecular weight excluding hydrogens is 514 g/mol. The first-order chi connectivity index (χ1) is 16.8. The molecule has 0 unspecified atom stereocenters. The van der Waals surface area contributed by atoms with E-state index in [0.29, 0.717) is 33.4 Å². The lowest BCUT2D eigenvalue weighted by Crippen LogP contribution is -2.39. The minimum absolute atomic E-state index is 0.170. The Labute approximate surface area is 211 Å². The summed E-state index contributed by atoms with van der Waals surface area (Å²) in [5.74, 6) is 2.63. The van der Waals surface area contributed by atoms with E-state index in [0.717, 1.165) is 42.9 Å². The van der Waals surface area contributed by atoms with Crippen molar-refractivity contribution in [3.8, 4) is 23.4 Å². The Morgan fingerprint density at radius 3 is 2.60 bits per heavy atom. The molecule has 1 saturated heterocycles. The highest BCUT2D eigenvalue weighted by Crippen LogP contribution is 2.33. The third-order valence-electron chi connectivity index (χ3n) is 5.59. The number of nitriles is 1. The number of benzene rings is 1. The lowest BCUT2D eigenvalue weighted by Gasteiger charge is -2.33. The summed E-state index contributed by atoms with van der Waals surface area (Å²) < 4.78 is 11.7. The van der Waals surface area contributed by atoms with Crippen molar-refractivity contribution in [2.45, 2.75) is 32.7 Å². The Hall–Kier alpha value is -3.91. The second-order valence-corrected chi connectivity index (χ2v) is 9.03. The minimum atomic E-state index is -0.854. The number of primary amides is 1. The van der Waals surface area contributed by atoms with Gasteiger partial charge in [-0.1, -0.05) is 0 Å². The molecule has 0 spiro atoms. The van der Waals surface area contributed by atoms with Gasteiger partial charge in [0.05, 0.1) is 22.3 Å². The number of ether oxygens (including phenoxy) is 2. The number of nitrogens with zero attached hydrogens (tertiary/aromatic N) is 5. The van der Waals surface area contributed by atoms with Crippen molar-refractivity contribution in [3.05, 3.63) is 57.8 Å². The molecule has 3 heterocycles. The number of nitrogens with two attached hydrogens (primary N) is 1. The molecule has 1 fully saturated rings. The first kappa shape index (κ1) is 24.2. The molecule has 1 amide bonds. The molecule has 0 radical (unpaired) electrons. The molecule has 180 valence electrons. The van der Waals surface area contributed by atoms with Crippen LogP contribution < -0.4 is 25.4 Å². The number of aryl methyl sites for hydroxylation is 2. The number of piperidine rings is 1. The summed E-state index contributed by atoms with van der Waals surface area (Å²) in [6.07, 6.45) is 4.07. The van der Waals surface area contributed by atoms with Crippen molar-refractivity contribution >= 4 is 33.8 Å². The van der Waals surface area contributed by atoms with Gasteiger partial charge in [-0.25, -0.2) is 14.8 Å². The zero-order valence-corrected chi connectivity index (χ0v) is 20.9. The molecule has 3 aromatic rings. The van der Waals surface area contributed by atoms with Gasteiger partial charge in [-0.3, -0.25) is 0 Å². The second-order valence-electron chi connectivity index (χ2n) is 8.18. The Morgan fingerprint density at radius 1 is 1.23 bits per heavy atom. The summed E-state index contributed by atoms with van der Waals surface area (Å²) in [7, 11) is 0. The summed E-state index contributed by atoms with van der Waals surface area (Å²) in [5, 5.41) is 12.6. The predicted octanol–water partition coefficient (Wildman–Crippen LogP) is 4.45. The van der Waals surface area contributed by atoms with Gasteiger partial charge >= 0.3 is 6.09 Å². The number of carbonyl (C=O) groups excluding carboxylic acids is 1. The van der Waals surface area contributed by atoms with E-state index in [1.807, 2.05) is 13.8 Å². The average Bonchev–Trinajstić information content (AvgIpc) is 2.83. The molecule has 35 heavy (non-hydrogen) atoms. The van der Waals surface area contributed by atoms with Gasteiger partial charge in [0, 0.05) is 31.4 Å². The van der Waals surface area contributed by atoms with Crippen LogP contribution in [-0.4, -0.2) is 40.2 Å². The number of nitrogens with one attached hydrogen (secondary N) is 1. The summed E-state index contributed by atoms with van der Waals surface area (Å²) in [5.41, 5.74) is 7.39. The van der Waals surface area contributed by atoms with Crippen molar-refractivity contribution in [1.29, 1.82) is 5.26 Å². The fraction of sp³-hybridized carbons (Fsp3) is 0.292. The first-order valence-electron chi connectivity index (χ1n) is 11.0. The third kappa shape index (κ3) is 5.96. The second kappa shape index (κ2) is 10.6. The van der Waals surface area contributed by atoms with Crippen molar-refractivity contribution in [2.75, 3.05) is 23.3 Å². The van der Waals surface area contributed by atoms with Crippen LogP contribution in [0.1, 0.15) is 29.5 Å². The standard InChI is InChI=1S/C24H24BrN7O3/c1-14-9-16(12-26)10-15(2)21(14)35-22-19(25)13-29-24(31-22)30-17-4-7-32(8-5-17)20-11-18(3-6-28-20)34-23(27)33/h3,6,9-11,13,17H,4-5,7-8H2,1-2H3,(H2,27,33)(H,29,30,31). The lowest BCUT2D eigenvalue weighted by atomic mass is 10.1. The maximum absolute atomic E-state index is 11.0. The zero-order chi connectivity index (χ0) is 24.9. The largest absolute Gasteiger partial charge is 0.437 e. The van der Waals surface area contributed by atoms with Gasteiger partial charge in [-0.2, -0.15) is 10.2 Å². The van der Waals surface area contributed by atoms with Gasteiger partial charge in [0.25, 0.3) is 0 Å². The van der Waals surface area contributed by atoms with Crippen LogP contribution >= 0.6 is 15.9 Å². The lowest BCUT2D eigenvalue weighted by molar-refractivity contribution is 0.211. The molecule has 3 N–H and O–H groups in total. The van der Waals surface area contributed by atoms with Crippen molar-refractivity contribution in [3.63, 3.8) is 0 Å². The van der Waals surface area contributed by atoms with E-state index in [1.165, 1.54) is 0 Å². The molecule has 1 aliphatic rings. The quantitative estimate of drug-likeness (QED) is 0.466. The highest BCUT2D eigenvalue weighted by Gasteiger charge is 2.22. The van der Waals surface area contributed by atoms with Crippen LogP contribution in [0.15, 0.2) is 41.1 Å². The number of rotatable bonds is 6. The number of aromatic nitrogens is 3. The van der Waals surface area contributed by atoms with Crippen molar-refractivity contribution in [1.82, 2.24) is 15.0 Å². The van der Waals surface area contributed by atoms with E-state index >= 15 is 0 Å². The number of hydrogen-bond donors (Lipinski definition) is 2. The summed E-state index contributed by atoms with van der Waals surface area (Å²) >= 11 is 3.46. The normalized spacial score (nSPS) is 13.7. The number of pyridine rings is 1. The highest BCUT2D eigenvalue weighted by molar-refractivity contribution is 9.10. The maximum atomic E-state index is 11.0. The smallest absolute Gasteiger partial charge is 0.409 e. The first-order valence-corrected chi connectivity index (χ1v) is 11.8. The van der Waals surface area contributed by atoms with Crippen LogP contribution in [0, 0.1) is 25.2 Å². The van der Waals surface area contributed by atoms with Gasteiger partial charge in [0.15, 0.2) is 0 Å². The number of hydrogen-bond acceptors (Lipinski definition) is 9. The Balaban J connectivity index is 1.40. The van der Waals surface area contributed by atoms with E-state index in [-0.39, 0.29) is 6.04 Å². The molecular formula is C24H24BrN7O3. The molecule has 0 atom stereocenters. The van der Waals surface area contributed by atoms with Gasteiger partial charge in [-0.05, 0) is 71.9 Å². The SMILES string of the molecule is Cc1cc(C#N)cc(C)c1Oc1nc(NC2CCN(c3cc(OC(N)=O)ccn3)CC2)ncc1Br. The van der Waals surface area contributed by atoms with Gasteiger partial charge in [0.2, 0.25) is 11.8 Å². The van der Waals surface area contributed by atoms with Gasteiger partial charge in [-0.15, -0.1) is 0 Å². The third-order valence-corrected chi connectivity index (χ3v) is 6.13. The number of anilines is 2. The number of halogens is 1. The zero-order valence-electron chi connectivity index (χ0n) is 19.3. The molecule has 1 aromatic carbocycles. The molecule has 2 aromatic heterocycles. The maximum Gasteiger partial charge on any atom is 0.409 e. The van der Waals surface area contributed by atoms with Crippen LogP contribution in [0.2, 0.25) is 0 Å². The molecule has 4 rings (SSSR count). The predicted molar refractivity (Wildman–Crippen MR) is 134 cm³/mol. The molecule has 0 aliphatic carbocycles. The summed E-state index contributed by atoms with van der Waals surface area (Å²) in [6.45, 7) is 5.31. The molecule has 11 heteroatoms. The average molecular weight is 538 g/mol. The fourth-order valence-corrected chi connectivity index (χ4v) is 4.22. The van der Waals surface area contributed by atoms with E-state index in [9.17, 15) is 10.1 Å². The Bertz CT molecular complexity index is 1260. The van der Waals surface area contributed by atoms with E-state index < -0.39 is 6.09 Å². The van der Waals surface area contributed by atoms with Crippen LogP contribution in [0.3, 0.4) is 0 Å².